The molecule has 0 aliphatic heterocycles. The predicted molar refractivity (Wildman–Crippen MR) is 83.6 cm³/mol. The molecule has 4 nitrogen and oxygen atoms in total. The summed E-state index contributed by atoms with van der Waals surface area (Å²) in [5, 5.41) is 4.27. The summed E-state index contributed by atoms with van der Waals surface area (Å²) in [5.74, 6) is -2.05. The SMILES string of the molecule is O=C(Cc1ccc(NC(=O)c2ccccc2F)cc1)NCC(F)(F)F. The molecule has 0 atom stereocenters. The summed E-state index contributed by atoms with van der Waals surface area (Å²) in [7, 11) is 0. The molecule has 0 radical (unpaired) electrons. The molecule has 2 rings (SSSR count). The number of hydrogen-bond acceptors (Lipinski definition) is 2. The van der Waals surface area contributed by atoms with E-state index in [9.17, 15) is 27.2 Å². The lowest BCUT2D eigenvalue weighted by molar-refractivity contribution is -0.138. The molecule has 132 valence electrons. The average Bonchev–Trinajstić information content (AvgIpc) is 2.54. The van der Waals surface area contributed by atoms with Gasteiger partial charge in [-0.05, 0) is 29.8 Å². The molecule has 0 heterocycles. The maximum Gasteiger partial charge on any atom is 0.405 e. The van der Waals surface area contributed by atoms with Crippen molar-refractivity contribution in [2.45, 2.75) is 12.6 Å². The van der Waals surface area contributed by atoms with E-state index in [0.717, 1.165) is 6.07 Å². The number of amides is 2. The zero-order valence-corrected chi connectivity index (χ0v) is 12.9. The van der Waals surface area contributed by atoms with Gasteiger partial charge in [-0.3, -0.25) is 9.59 Å². The van der Waals surface area contributed by atoms with E-state index in [4.69, 9.17) is 0 Å². The summed E-state index contributed by atoms with van der Waals surface area (Å²) in [4.78, 5) is 23.4. The van der Waals surface area contributed by atoms with Crippen molar-refractivity contribution in [3.8, 4) is 0 Å². The topological polar surface area (TPSA) is 58.2 Å². The van der Waals surface area contributed by atoms with Crippen LogP contribution in [0.1, 0.15) is 15.9 Å². The maximum absolute atomic E-state index is 13.5. The number of halogens is 4. The molecule has 0 aromatic heterocycles. The number of carbonyl (C=O) groups excluding carboxylic acids is 2. The fourth-order valence-electron chi connectivity index (χ4n) is 2.00. The van der Waals surface area contributed by atoms with Gasteiger partial charge >= 0.3 is 6.18 Å². The molecule has 25 heavy (non-hydrogen) atoms. The Balaban J connectivity index is 1.93. The Kier molecular flexibility index (Phi) is 5.74. The van der Waals surface area contributed by atoms with Crippen LogP contribution in [0.15, 0.2) is 48.5 Å². The van der Waals surface area contributed by atoms with Crippen molar-refractivity contribution in [3.05, 3.63) is 65.5 Å². The number of carbonyl (C=O) groups is 2. The van der Waals surface area contributed by atoms with Crippen molar-refractivity contribution in [1.82, 2.24) is 5.32 Å². The molecule has 2 N–H and O–H groups in total. The maximum atomic E-state index is 13.5. The highest BCUT2D eigenvalue weighted by atomic mass is 19.4. The summed E-state index contributed by atoms with van der Waals surface area (Å²) in [5.41, 5.74) is 0.731. The van der Waals surface area contributed by atoms with Gasteiger partial charge < -0.3 is 10.6 Å². The number of alkyl halides is 3. The summed E-state index contributed by atoms with van der Waals surface area (Å²) in [6.45, 7) is -1.39. The molecule has 0 bridgehead atoms. The van der Waals surface area contributed by atoms with E-state index in [1.165, 1.54) is 42.5 Å². The van der Waals surface area contributed by atoms with Crippen LogP contribution in [0.3, 0.4) is 0 Å². The van der Waals surface area contributed by atoms with E-state index in [1.807, 2.05) is 0 Å². The standard InChI is InChI=1S/C17H14F4N2O2/c18-14-4-2-1-3-13(14)16(25)23-12-7-5-11(6-8-12)9-15(24)22-10-17(19,20)21/h1-8H,9-10H2,(H,22,24)(H,23,25). The van der Waals surface area contributed by atoms with Gasteiger partial charge in [0.15, 0.2) is 0 Å². The van der Waals surface area contributed by atoms with Crippen LogP contribution in [0.4, 0.5) is 23.2 Å². The van der Waals surface area contributed by atoms with Crippen molar-refractivity contribution in [3.63, 3.8) is 0 Å². The van der Waals surface area contributed by atoms with Crippen LogP contribution in [0.5, 0.6) is 0 Å². The Morgan fingerprint density at radius 3 is 2.20 bits per heavy atom. The van der Waals surface area contributed by atoms with Crippen LogP contribution in [0.25, 0.3) is 0 Å². The highest BCUT2D eigenvalue weighted by molar-refractivity contribution is 6.04. The summed E-state index contributed by atoms with van der Waals surface area (Å²) < 4.78 is 49.6. The molecular weight excluding hydrogens is 340 g/mol. The highest BCUT2D eigenvalue weighted by Crippen LogP contribution is 2.14. The lowest BCUT2D eigenvalue weighted by atomic mass is 10.1. The van der Waals surface area contributed by atoms with Crippen LogP contribution < -0.4 is 10.6 Å². The third kappa shape index (κ3) is 5.91. The van der Waals surface area contributed by atoms with Gasteiger partial charge in [0.25, 0.3) is 5.91 Å². The van der Waals surface area contributed by atoms with Gasteiger partial charge in [-0.25, -0.2) is 4.39 Å². The predicted octanol–water partition coefficient (Wildman–Crippen LogP) is 3.30. The molecule has 0 aliphatic rings. The van der Waals surface area contributed by atoms with E-state index >= 15 is 0 Å². The first kappa shape index (κ1) is 18.4. The average molecular weight is 354 g/mol. The summed E-state index contributed by atoms with van der Waals surface area (Å²) in [6.07, 6.45) is -4.69. The van der Waals surface area contributed by atoms with Crippen LogP contribution in [-0.2, 0) is 11.2 Å². The minimum absolute atomic E-state index is 0.113. The second-order valence-electron chi connectivity index (χ2n) is 5.20. The van der Waals surface area contributed by atoms with Crippen LogP contribution in [0.2, 0.25) is 0 Å². The first-order valence-corrected chi connectivity index (χ1v) is 7.23. The molecule has 8 heteroatoms. The van der Waals surface area contributed by atoms with Gasteiger partial charge in [0, 0.05) is 5.69 Å². The van der Waals surface area contributed by atoms with Gasteiger partial charge in [0.05, 0.1) is 12.0 Å². The fraction of sp³-hybridized carbons (Fsp3) is 0.176. The van der Waals surface area contributed by atoms with Crippen molar-refractivity contribution < 1.29 is 27.2 Å². The van der Waals surface area contributed by atoms with Gasteiger partial charge in [-0.1, -0.05) is 24.3 Å². The van der Waals surface area contributed by atoms with Crippen molar-refractivity contribution in [1.29, 1.82) is 0 Å². The molecule has 0 spiro atoms. The zero-order chi connectivity index (χ0) is 18.4. The van der Waals surface area contributed by atoms with E-state index in [0.29, 0.717) is 11.3 Å². The van der Waals surface area contributed by atoms with E-state index in [2.05, 4.69) is 5.32 Å². The Morgan fingerprint density at radius 1 is 0.960 bits per heavy atom. The monoisotopic (exact) mass is 354 g/mol. The Labute approximate surface area is 140 Å². The summed E-state index contributed by atoms with van der Waals surface area (Å²) in [6, 6.07) is 11.4. The number of rotatable bonds is 5. The number of hydrogen-bond donors (Lipinski definition) is 2. The van der Waals surface area contributed by atoms with Crippen LogP contribution in [0, 0.1) is 5.82 Å². The molecule has 2 aromatic carbocycles. The van der Waals surface area contributed by atoms with Crippen molar-refractivity contribution >= 4 is 17.5 Å². The normalized spacial score (nSPS) is 11.0. The first-order valence-electron chi connectivity index (χ1n) is 7.23. The molecule has 0 fully saturated rings. The quantitative estimate of drug-likeness (QED) is 0.810. The molecule has 2 aromatic rings. The molecule has 0 unspecified atom stereocenters. The van der Waals surface area contributed by atoms with Gasteiger partial charge in [-0.2, -0.15) is 13.2 Å². The second-order valence-corrected chi connectivity index (χ2v) is 5.20. The van der Waals surface area contributed by atoms with E-state index in [1.54, 1.807) is 5.32 Å². The van der Waals surface area contributed by atoms with Gasteiger partial charge in [0.2, 0.25) is 5.91 Å². The fourth-order valence-corrected chi connectivity index (χ4v) is 2.00. The van der Waals surface area contributed by atoms with Gasteiger partial charge in [0.1, 0.15) is 12.4 Å². The Bertz CT molecular complexity index is 758. The van der Waals surface area contributed by atoms with Crippen LogP contribution >= 0.6 is 0 Å². The van der Waals surface area contributed by atoms with Gasteiger partial charge in [-0.15, -0.1) is 0 Å². The molecule has 0 saturated carbocycles. The highest BCUT2D eigenvalue weighted by Gasteiger charge is 2.27. The largest absolute Gasteiger partial charge is 0.405 e. The van der Waals surface area contributed by atoms with Crippen molar-refractivity contribution in [2.75, 3.05) is 11.9 Å². The third-order valence-corrected chi connectivity index (χ3v) is 3.18. The van der Waals surface area contributed by atoms with E-state index in [-0.39, 0.29) is 12.0 Å². The molecule has 2 amide bonds. The minimum atomic E-state index is -4.46. The lowest BCUT2D eigenvalue weighted by Crippen LogP contribution is -2.34. The number of nitrogens with one attached hydrogen (secondary N) is 2. The first-order chi connectivity index (χ1) is 11.7. The molecular formula is C17H14F4N2O2. The van der Waals surface area contributed by atoms with Crippen molar-refractivity contribution in [2.24, 2.45) is 0 Å². The molecule has 0 aliphatic carbocycles. The smallest absolute Gasteiger partial charge is 0.347 e. The second kappa shape index (κ2) is 7.78. The Hall–Kier alpha value is -2.90. The lowest BCUT2D eigenvalue weighted by Gasteiger charge is -2.09. The van der Waals surface area contributed by atoms with Crippen LogP contribution in [-0.4, -0.2) is 24.5 Å². The zero-order valence-electron chi connectivity index (χ0n) is 12.9. The minimum Gasteiger partial charge on any atom is -0.347 e. The number of anilines is 1. The van der Waals surface area contributed by atoms with E-state index < -0.39 is 30.4 Å². The Morgan fingerprint density at radius 2 is 1.60 bits per heavy atom. The summed E-state index contributed by atoms with van der Waals surface area (Å²) >= 11 is 0. The molecule has 0 saturated heterocycles. The number of benzene rings is 2. The third-order valence-electron chi connectivity index (χ3n) is 3.18.